The standard InChI is InChI=1S/C24H40O2/c1-8-23(6)12-10-19-22(4,5)17(3)9-13-24(19,7)20(23)15-16(2)18-11-14-26-21(18)25/h11,16-17,19-20H,8-10,12-15H2,1-7H3. The Kier molecular flexibility index (Phi) is 5.12. The zero-order chi connectivity index (χ0) is 19.3. The van der Waals surface area contributed by atoms with Crippen molar-refractivity contribution in [1.29, 1.82) is 0 Å². The predicted octanol–water partition coefficient (Wildman–Crippen LogP) is 6.40. The summed E-state index contributed by atoms with van der Waals surface area (Å²) in [5.74, 6) is 2.50. The highest BCUT2D eigenvalue weighted by atomic mass is 16.5. The lowest BCUT2D eigenvalue weighted by molar-refractivity contribution is -0.153. The molecule has 6 unspecified atom stereocenters. The van der Waals surface area contributed by atoms with E-state index in [2.05, 4.69) is 48.5 Å². The van der Waals surface area contributed by atoms with Crippen LogP contribution in [0, 0.1) is 39.9 Å². The number of carbonyl (C=O) groups excluding carboxylic acids is 1. The van der Waals surface area contributed by atoms with Crippen LogP contribution in [0.25, 0.3) is 0 Å². The van der Waals surface area contributed by atoms with Crippen molar-refractivity contribution in [3.05, 3.63) is 11.6 Å². The van der Waals surface area contributed by atoms with Gasteiger partial charge in [-0.1, -0.05) is 54.9 Å². The molecule has 0 bridgehead atoms. The van der Waals surface area contributed by atoms with Gasteiger partial charge < -0.3 is 4.74 Å². The number of carbonyl (C=O) groups is 1. The maximum Gasteiger partial charge on any atom is 0.334 e. The summed E-state index contributed by atoms with van der Waals surface area (Å²) in [5.41, 5.74) is 2.11. The fourth-order valence-electron chi connectivity index (χ4n) is 7.06. The molecule has 2 nitrogen and oxygen atoms in total. The number of hydrogen-bond acceptors (Lipinski definition) is 2. The van der Waals surface area contributed by atoms with Crippen molar-refractivity contribution in [1.82, 2.24) is 0 Å². The molecule has 2 heteroatoms. The summed E-state index contributed by atoms with van der Waals surface area (Å²) in [5, 5.41) is 0. The fraction of sp³-hybridized carbons (Fsp3) is 0.875. The van der Waals surface area contributed by atoms with Gasteiger partial charge in [-0.25, -0.2) is 4.79 Å². The first-order valence-corrected chi connectivity index (χ1v) is 10.9. The Labute approximate surface area is 161 Å². The van der Waals surface area contributed by atoms with Crippen LogP contribution in [0.1, 0.15) is 87.0 Å². The Hall–Kier alpha value is -0.790. The lowest BCUT2D eigenvalue weighted by atomic mass is 9.40. The highest BCUT2D eigenvalue weighted by Gasteiger charge is 2.59. The molecule has 0 N–H and O–H groups in total. The first-order chi connectivity index (χ1) is 12.1. The molecule has 0 aromatic carbocycles. The third-order valence-corrected chi connectivity index (χ3v) is 9.40. The summed E-state index contributed by atoms with van der Waals surface area (Å²) in [4.78, 5) is 12.1. The molecule has 0 spiro atoms. The van der Waals surface area contributed by atoms with E-state index in [9.17, 15) is 4.79 Å². The van der Waals surface area contributed by atoms with Crippen LogP contribution < -0.4 is 0 Å². The van der Waals surface area contributed by atoms with E-state index >= 15 is 0 Å². The minimum Gasteiger partial charge on any atom is -0.458 e. The SMILES string of the molecule is CCC1(C)CCC2C(C)(C)C(C)CCC2(C)C1CC(C)C1=CCOC1=O. The van der Waals surface area contributed by atoms with Gasteiger partial charge in [0.2, 0.25) is 0 Å². The van der Waals surface area contributed by atoms with Gasteiger partial charge in [-0.05, 0) is 78.1 Å². The molecule has 2 aliphatic carbocycles. The molecule has 148 valence electrons. The van der Waals surface area contributed by atoms with Crippen molar-refractivity contribution in [2.45, 2.75) is 87.0 Å². The molecule has 0 aromatic heterocycles. The zero-order valence-electron chi connectivity index (χ0n) is 18.2. The van der Waals surface area contributed by atoms with E-state index in [1.807, 2.05) is 6.08 Å². The monoisotopic (exact) mass is 360 g/mol. The highest BCUT2D eigenvalue weighted by Crippen LogP contribution is 2.67. The summed E-state index contributed by atoms with van der Waals surface area (Å²) < 4.78 is 5.20. The minimum atomic E-state index is -0.0780. The summed E-state index contributed by atoms with van der Waals surface area (Å²) in [7, 11) is 0. The van der Waals surface area contributed by atoms with Gasteiger partial charge in [-0.3, -0.25) is 0 Å². The lowest BCUT2D eigenvalue weighted by Gasteiger charge is -2.64. The molecule has 3 aliphatic rings. The van der Waals surface area contributed by atoms with Crippen LogP contribution in [0.15, 0.2) is 11.6 Å². The molecule has 3 rings (SSSR count). The second kappa shape index (κ2) is 6.67. The van der Waals surface area contributed by atoms with Crippen molar-refractivity contribution in [2.24, 2.45) is 39.9 Å². The summed E-state index contributed by atoms with van der Waals surface area (Å²) in [6.45, 7) is 17.7. The second-order valence-electron chi connectivity index (χ2n) is 10.8. The molecule has 26 heavy (non-hydrogen) atoms. The normalized spacial score (nSPS) is 43.4. The highest BCUT2D eigenvalue weighted by molar-refractivity contribution is 5.90. The van der Waals surface area contributed by atoms with Gasteiger partial charge in [0.05, 0.1) is 0 Å². The molecule has 1 heterocycles. The van der Waals surface area contributed by atoms with Crippen LogP contribution in [0.5, 0.6) is 0 Å². The van der Waals surface area contributed by atoms with Crippen molar-refractivity contribution in [3.8, 4) is 0 Å². The maximum atomic E-state index is 12.1. The third kappa shape index (κ3) is 2.96. The van der Waals surface area contributed by atoms with E-state index in [1.54, 1.807) is 0 Å². The van der Waals surface area contributed by atoms with E-state index in [4.69, 9.17) is 4.74 Å². The topological polar surface area (TPSA) is 26.3 Å². The Morgan fingerprint density at radius 1 is 1.19 bits per heavy atom. The molecular formula is C24H40O2. The van der Waals surface area contributed by atoms with Crippen LogP contribution >= 0.6 is 0 Å². The largest absolute Gasteiger partial charge is 0.458 e. The average Bonchev–Trinajstić information content (AvgIpc) is 3.01. The summed E-state index contributed by atoms with van der Waals surface area (Å²) >= 11 is 0. The number of fused-ring (bicyclic) bond motifs is 1. The van der Waals surface area contributed by atoms with Crippen LogP contribution in [-0.4, -0.2) is 12.6 Å². The molecule has 2 fully saturated rings. The molecule has 0 saturated heterocycles. The molecule has 2 saturated carbocycles. The number of ether oxygens (including phenoxy) is 1. The summed E-state index contributed by atoms with van der Waals surface area (Å²) in [6.07, 6.45) is 9.78. The molecule has 0 aromatic rings. The van der Waals surface area contributed by atoms with Crippen molar-refractivity contribution >= 4 is 5.97 Å². The quantitative estimate of drug-likeness (QED) is 0.542. The first-order valence-electron chi connectivity index (χ1n) is 10.9. The number of hydrogen-bond donors (Lipinski definition) is 0. The van der Waals surface area contributed by atoms with Gasteiger partial charge in [-0.2, -0.15) is 0 Å². The van der Waals surface area contributed by atoms with Crippen LogP contribution in [0.4, 0.5) is 0 Å². The molecule has 0 radical (unpaired) electrons. The smallest absolute Gasteiger partial charge is 0.334 e. The van der Waals surface area contributed by atoms with E-state index < -0.39 is 0 Å². The Morgan fingerprint density at radius 2 is 1.88 bits per heavy atom. The van der Waals surface area contributed by atoms with Gasteiger partial charge in [0, 0.05) is 5.57 Å². The summed E-state index contributed by atoms with van der Waals surface area (Å²) in [6, 6.07) is 0. The lowest BCUT2D eigenvalue weighted by Crippen LogP contribution is -2.57. The fourth-order valence-corrected chi connectivity index (χ4v) is 7.06. The number of esters is 1. The predicted molar refractivity (Wildman–Crippen MR) is 108 cm³/mol. The van der Waals surface area contributed by atoms with E-state index in [-0.39, 0.29) is 5.97 Å². The van der Waals surface area contributed by atoms with Crippen molar-refractivity contribution < 1.29 is 9.53 Å². The number of rotatable bonds is 4. The van der Waals surface area contributed by atoms with E-state index in [0.29, 0.717) is 34.7 Å². The molecule has 6 atom stereocenters. The minimum absolute atomic E-state index is 0.0780. The van der Waals surface area contributed by atoms with Gasteiger partial charge in [-0.15, -0.1) is 0 Å². The van der Waals surface area contributed by atoms with Gasteiger partial charge in [0.15, 0.2) is 0 Å². The van der Waals surface area contributed by atoms with E-state index in [1.165, 1.54) is 32.1 Å². The number of cyclic esters (lactones) is 1. The Balaban J connectivity index is 1.94. The van der Waals surface area contributed by atoms with Crippen molar-refractivity contribution in [3.63, 3.8) is 0 Å². The van der Waals surface area contributed by atoms with Crippen LogP contribution in [0.2, 0.25) is 0 Å². The molecule has 1 aliphatic heterocycles. The van der Waals surface area contributed by atoms with Gasteiger partial charge >= 0.3 is 5.97 Å². The Bertz CT molecular complexity index is 589. The molecular weight excluding hydrogens is 320 g/mol. The Morgan fingerprint density at radius 3 is 2.46 bits per heavy atom. The van der Waals surface area contributed by atoms with Crippen LogP contribution in [0.3, 0.4) is 0 Å². The van der Waals surface area contributed by atoms with Crippen LogP contribution in [-0.2, 0) is 9.53 Å². The zero-order valence-corrected chi connectivity index (χ0v) is 18.2. The first kappa shape index (κ1) is 20.0. The van der Waals surface area contributed by atoms with Gasteiger partial charge in [0.25, 0.3) is 0 Å². The van der Waals surface area contributed by atoms with E-state index in [0.717, 1.165) is 23.8 Å². The van der Waals surface area contributed by atoms with Gasteiger partial charge in [0.1, 0.15) is 6.61 Å². The third-order valence-electron chi connectivity index (χ3n) is 9.40. The average molecular weight is 361 g/mol. The molecule has 0 amide bonds. The maximum absolute atomic E-state index is 12.1. The second-order valence-corrected chi connectivity index (χ2v) is 10.8. The van der Waals surface area contributed by atoms with Crippen molar-refractivity contribution in [2.75, 3.05) is 6.61 Å².